The van der Waals surface area contributed by atoms with E-state index < -0.39 is 17.6 Å². The second kappa shape index (κ2) is 7.03. The largest absolute Gasteiger partial charge is 0.444 e. The summed E-state index contributed by atoms with van der Waals surface area (Å²) < 4.78 is 5.09. The third-order valence-electron chi connectivity index (χ3n) is 3.94. The highest BCUT2D eigenvalue weighted by Crippen LogP contribution is 2.34. The number of benzene rings is 1. The van der Waals surface area contributed by atoms with Crippen molar-refractivity contribution in [3.8, 4) is 0 Å². The van der Waals surface area contributed by atoms with Crippen molar-refractivity contribution >= 4 is 17.8 Å². The van der Waals surface area contributed by atoms with Gasteiger partial charge in [0.2, 0.25) is 5.91 Å². The lowest BCUT2D eigenvalue weighted by Gasteiger charge is -2.20. The van der Waals surface area contributed by atoms with Crippen LogP contribution in [0, 0.1) is 11.8 Å². The van der Waals surface area contributed by atoms with E-state index >= 15 is 0 Å². The minimum absolute atomic E-state index is 0.187. The lowest BCUT2D eigenvalue weighted by atomic mass is 9.86. The summed E-state index contributed by atoms with van der Waals surface area (Å²) in [6, 6.07) is 9.34. The maximum Gasteiger partial charge on any atom is 0.408 e. The van der Waals surface area contributed by atoms with Crippen molar-refractivity contribution in [1.82, 2.24) is 10.6 Å². The molecule has 0 saturated carbocycles. The highest BCUT2D eigenvalue weighted by Gasteiger charge is 2.43. The first-order valence-corrected chi connectivity index (χ1v) is 8.04. The molecule has 3 atom stereocenters. The Morgan fingerprint density at radius 3 is 2.42 bits per heavy atom. The van der Waals surface area contributed by atoms with Gasteiger partial charge in [-0.15, -0.1) is 0 Å². The molecule has 0 aromatic heterocycles. The first-order valence-electron chi connectivity index (χ1n) is 8.04. The second-order valence-corrected chi connectivity index (χ2v) is 7.06. The average Bonchev–Trinajstić information content (AvgIpc) is 2.79. The molecule has 6 heteroatoms. The number of hydrogen-bond donors (Lipinski definition) is 2. The first kappa shape index (κ1) is 18.0. The number of ketones is 1. The summed E-state index contributed by atoms with van der Waals surface area (Å²) in [6.07, 6.45) is -0.665. The maximum absolute atomic E-state index is 12.4. The molecule has 1 aromatic carbocycles. The summed E-state index contributed by atoms with van der Waals surface area (Å²) in [4.78, 5) is 36.2. The van der Waals surface area contributed by atoms with Crippen LogP contribution in [0.4, 0.5) is 4.79 Å². The zero-order valence-electron chi connectivity index (χ0n) is 14.5. The highest BCUT2D eigenvalue weighted by atomic mass is 16.6. The van der Waals surface area contributed by atoms with Gasteiger partial charge in [0, 0.05) is 0 Å². The van der Waals surface area contributed by atoms with Gasteiger partial charge in [-0.2, -0.15) is 0 Å². The average molecular weight is 332 g/mol. The van der Waals surface area contributed by atoms with Crippen molar-refractivity contribution in [2.75, 3.05) is 6.54 Å². The highest BCUT2D eigenvalue weighted by molar-refractivity contribution is 6.04. The van der Waals surface area contributed by atoms with Gasteiger partial charge in [0.05, 0.1) is 12.6 Å². The molecule has 0 spiro atoms. The topological polar surface area (TPSA) is 84.5 Å². The van der Waals surface area contributed by atoms with Crippen LogP contribution in [-0.4, -0.2) is 29.9 Å². The molecule has 1 unspecified atom stereocenters. The molecule has 1 saturated heterocycles. The van der Waals surface area contributed by atoms with E-state index in [9.17, 15) is 14.4 Å². The van der Waals surface area contributed by atoms with Crippen LogP contribution in [0.15, 0.2) is 30.3 Å². The van der Waals surface area contributed by atoms with Crippen LogP contribution >= 0.6 is 0 Å². The summed E-state index contributed by atoms with van der Waals surface area (Å²) >= 11 is 0. The van der Waals surface area contributed by atoms with Crippen molar-refractivity contribution in [3.05, 3.63) is 35.9 Å². The number of alkyl carbamates (subject to hydrolysis) is 1. The Morgan fingerprint density at radius 1 is 1.21 bits per heavy atom. The Balaban J connectivity index is 1.97. The van der Waals surface area contributed by atoms with E-state index in [0.29, 0.717) is 0 Å². The molecule has 0 aliphatic carbocycles. The van der Waals surface area contributed by atoms with Crippen LogP contribution in [0.5, 0.6) is 0 Å². The van der Waals surface area contributed by atoms with E-state index in [2.05, 4.69) is 10.6 Å². The Morgan fingerprint density at radius 2 is 1.83 bits per heavy atom. The fourth-order valence-corrected chi connectivity index (χ4v) is 2.88. The number of rotatable bonds is 4. The minimum atomic E-state index is -0.773. The third kappa shape index (κ3) is 4.34. The fourth-order valence-electron chi connectivity index (χ4n) is 2.88. The number of amides is 2. The van der Waals surface area contributed by atoms with Crippen molar-refractivity contribution in [1.29, 1.82) is 0 Å². The van der Waals surface area contributed by atoms with Crippen LogP contribution < -0.4 is 10.6 Å². The molecule has 0 bridgehead atoms. The van der Waals surface area contributed by atoms with Gasteiger partial charge >= 0.3 is 6.09 Å². The zero-order valence-corrected chi connectivity index (χ0v) is 14.5. The zero-order chi connectivity index (χ0) is 17.9. The van der Waals surface area contributed by atoms with Crippen molar-refractivity contribution < 1.29 is 19.1 Å². The molecule has 1 aliphatic heterocycles. The van der Waals surface area contributed by atoms with Gasteiger partial charge < -0.3 is 15.4 Å². The van der Waals surface area contributed by atoms with Gasteiger partial charge in [0.1, 0.15) is 11.5 Å². The molecular formula is C18H24N2O4. The maximum atomic E-state index is 12.4. The van der Waals surface area contributed by atoms with E-state index in [-0.39, 0.29) is 30.2 Å². The number of carbonyl (C=O) groups is 3. The van der Waals surface area contributed by atoms with Gasteiger partial charge in [0.15, 0.2) is 5.78 Å². The molecule has 2 N–H and O–H groups in total. The quantitative estimate of drug-likeness (QED) is 0.828. The van der Waals surface area contributed by atoms with Crippen LogP contribution in [0.1, 0.15) is 39.3 Å². The van der Waals surface area contributed by atoms with Gasteiger partial charge in [-0.05, 0) is 32.3 Å². The summed E-state index contributed by atoms with van der Waals surface area (Å²) in [5, 5.41) is 5.29. The molecule has 24 heavy (non-hydrogen) atoms. The summed E-state index contributed by atoms with van der Waals surface area (Å²) in [5.74, 6) is -1.57. The van der Waals surface area contributed by atoms with E-state index in [4.69, 9.17) is 4.74 Å². The minimum Gasteiger partial charge on any atom is -0.444 e. The van der Waals surface area contributed by atoms with E-state index in [1.807, 2.05) is 37.3 Å². The van der Waals surface area contributed by atoms with Crippen molar-refractivity contribution in [2.45, 2.75) is 39.3 Å². The molecule has 1 aromatic rings. The van der Waals surface area contributed by atoms with E-state index in [0.717, 1.165) is 5.56 Å². The molecule has 1 aliphatic rings. The lowest BCUT2D eigenvalue weighted by Crippen LogP contribution is -2.39. The van der Waals surface area contributed by atoms with Gasteiger partial charge in [-0.1, -0.05) is 37.3 Å². The number of nitrogens with one attached hydrogen (secondary N) is 2. The van der Waals surface area contributed by atoms with Crippen molar-refractivity contribution in [2.24, 2.45) is 11.8 Å². The van der Waals surface area contributed by atoms with Gasteiger partial charge in [0.25, 0.3) is 0 Å². The monoisotopic (exact) mass is 332 g/mol. The number of ether oxygens (including phenoxy) is 1. The van der Waals surface area contributed by atoms with Gasteiger partial charge in [-0.25, -0.2) is 4.79 Å². The normalized spacial score (nSPS) is 23.5. The molecule has 130 valence electrons. The smallest absolute Gasteiger partial charge is 0.408 e. The van der Waals surface area contributed by atoms with Crippen LogP contribution in [-0.2, 0) is 14.3 Å². The van der Waals surface area contributed by atoms with Crippen molar-refractivity contribution in [3.63, 3.8) is 0 Å². The Bertz CT molecular complexity index is 622. The molecular weight excluding hydrogens is 308 g/mol. The lowest BCUT2D eigenvalue weighted by molar-refractivity contribution is -0.132. The van der Waals surface area contributed by atoms with E-state index in [1.165, 1.54) is 0 Å². The number of carbonyl (C=O) groups excluding carboxylic acids is 3. The van der Waals surface area contributed by atoms with Crippen LogP contribution in [0.25, 0.3) is 0 Å². The number of hydrogen-bond acceptors (Lipinski definition) is 4. The summed E-state index contributed by atoms with van der Waals surface area (Å²) in [7, 11) is 0. The Hall–Kier alpha value is -2.37. The summed E-state index contributed by atoms with van der Waals surface area (Å²) in [5.41, 5.74) is 0.331. The van der Waals surface area contributed by atoms with Gasteiger partial charge in [-0.3, -0.25) is 9.59 Å². The molecule has 2 rings (SSSR count). The number of Topliss-reactive ketones (excluding diaryl/α,β-unsaturated/α-hetero) is 1. The third-order valence-corrected chi connectivity index (χ3v) is 3.94. The standard InChI is InChI=1S/C18H24N2O4/c1-11-14(13(21)10-19-17(23)24-18(2,3)4)16(22)20-15(11)12-8-6-5-7-9-12/h5-9,11,14-15H,10H2,1-4H3,(H,19,23)(H,20,22)/t11-,14?,15+/m1/s1. The molecule has 2 amide bonds. The SMILES string of the molecule is C[C@@H]1C(C(=O)CNC(=O)OC(C)(C)C)C(=O)N[C@@H]1c1ccccc1. The Kier molecular flexibility index (Phi) is 5.26. The van der Waals surface area contributed by atoms with Crippen LogP contribution in [0.2, 0.25) is 0 Å². The second-order valence-electron chi connectivity index (χ2n) is 7.06. The fraction of sp³-hybridized carbons (Fsp3) is 0.500. The van der Waals surface area contributed by atoms with E-state index in [1.54, 1.807) is 20.8 Å². The molecule has 1 fully saturated rings. The molecule has 6 nitrogen and oxygen atoms in total. The molecule has 0 radical (unpaired) electrons. The first-order chi connectivity index (χ1) is 11.2. The predicted molar refractivity (Wildman–Crippen MR) is 89.2 cm³/mol. The Labute approximate surface area is 142 Å². The predicted octanol–water partition coefficient (Wildman–Crippen LogP) is 2.20. The molecule has 1 heterocycles. The summed E-state index contributed by atoms with van der Waals surface area (Å²) in [6.45, 7) is 6.87. The van der Waals surface area contributed by atoms with Crippen LogP contribution in [0.3, 0.4) is 0 Å².